The molecule has 0 aliphatic carbocycles. The maximum atomic E-state index is 4.74. The van der Waals surface area contributed by atoms with E-state index in [9.17, 15) is 0 Å². The second kappa shape index (κ2) is 5.31. The van der Waals surface area contributed by atoms with Crippen molar-refractivity contribution in [2.45, 2.75) is 0 Å². The van der Waals surface area contributed by atoms with E-state index in [2.05, 4.69) is 77.4 Å². The summed E-state index contributed by atoms with van der Waals surface area (Å²) in [6.45, 7) is 0. The van der Waals surface area contributed by atoms with E-state index in [0.717, 1.165) is 11.3 Å². The molecule has 0 spiro atoms. The Morgan fingerprint density at radius 3 is 2.42 bits per heavy atom. The van der Waals surface area contributed by atoms with Gasteiger partial charge in [-0.2, -0.15) is 0 Å². The van der Waals surface area contributed by atoms with Gasteiger partial charge in [0.25, 0.3) is 0 Å². The first kappa shape index (κ1) is 14.3. The minimum absolute atomic E-state index is 0.330. The van der Waals surface area contributed by atoms with Crippen LogP contribution in [-0.2, 0) is 0 Å². The van der Waals surface area contributed by atoms with Crippen molar-refractivity contribution in [3.05, 3.63) is 85.1 Å². The average Bonchev–Trinajstić information content (AvgIpc) is 3.24. The van der Waals surface area contributed by atoms with Crippen LogP contribution in [0, 0.1) is 0 Å². The third kappa shape index (κ3) is 1.84. The van der Waals surface area contributed by atoms with E-state index >= 15 is 0 Å². The third-order valence-electron chi connectivity index (χ3n) is 5.05. The van der Waals surface area contributed by atoms with E-state index in [1.807, 2.05) is 12.3 Å². The Kier molecular flexibility index (Phi) is 2.92. The first-order valence-electron chi connectivity index (χ1n) is 8.66. The molecule has 0 aliphatic rings. The molecule has 0 unspecified atom stereocenters. The molecule has 3 heteroatoms. The first-order chi connectivity index (χ1) is 12.9. The average molecular weight is 397 g/mol. The van der Waals surface area contributed by atoms with Gasteiger partial charge in [0.15, 0.2) is 0 Å². The number of pyridine rings is 1. The van der Waals surface area contributed by atoms with Crippen molar-refractivity contribution in [3.8, 4) is 5.69 Å². The van der Waals surface area contributed by atoms with Crippen LogP contribution in [0.5, 0.6) is 0 Å². The van der Waals surface area contributed by atoms with Crippen molar-refractivity contribution < 1.29 is 0 Å². The van der Waals surface area contributed by atoms with Crippen LogP contribution in [0.1, 0.15) is 0 Å². The zero-order chi connectivity index (χ0) is 17.1. The molecular weight excluding hydrogens is 383 g/mol. The zero-order valence-electron chi connectivity index (χ0n) is 13.9. The third-order valence-corrected chi connectivity index (χ3v) is 7.57. The molecule has 0 saturated carbocycles. The summed E-state index contributed by atoms with van der Waals surface area (Å²) in [7, 11) is 0. The van der Waals surface area contributed by atoms with E-state index in [4.69, 9.17) is 4.98 Å². The summed E-state index contributed by atoms with van der Waals surface area (Å²) < 4.78 is 5.26. The molecule has 3 aromatic heterocycles. The fourth-order valence-corrected chi connectivity index (χ4v) is 6.59. The zero-order valence-corrected chi connectivity index (χ0v) is 15.6. The topological polar surface area (TPSA) is 17.8 Å². The number of aromatic nitrogens is 2. The Balaban J connectivity index is 1.89. The van der Waals surface area contributed by atoms with Gasteiger partial charge in [-0.05, 0) is 0 Å². The van der Waals surface area contributed by atoms with Crippen LogP contribution in [0.4, 0.5) is 0 Å². The molecule has 0 saturated heterocycles. The predicted molar refractivity (Wildman–Crippen MR) is 111 cm³/mol. The summed E-state index contributed by atoms with van der Waals surface area (Å²) in [5, 5.41) is 5.40. The number of benzene rings is 3. The SMILES string of the molecule is c1ccc(-n2c3ccc4c5ccccc5[se]c4c3c3cccnc32)cc1. The van der Waals surface area contributed by atoms with Gasteiger partial charge >= 0.3 is 156 Å². The Labute approximate surface area is 156 Å². The van der Waals surface area contributed by atoms with E-state index < -0.39 is 0 Å². The number of hydrogen-bond acceptors (Lipinski definition) is 1. The van der Waals surface area contributed by atoms with Crippen LogP contribution in [0.25, 0.3) is 46.9 Å². The van der Waals surface area contributed by atoms with Crippen LogP contribution >= 0.6 is 0 Å². The number of para-hydroxylation sites is 1. The second-order valence-corrected chi connectivity index (χ2v) is 8.69. The van der Waals surface area contributed by atoms with Crippen molar-refractivity contribution in [1.29, 1.82) is 0 Å². The van der Waals surface area contributed by atoms with Crippen molar-refractivity contribution in [2.24, 2.45) is 0 Å². The minimum atomic E-state index is 0.330. The molecule has 3 heterocycles. The molecule has 6 rings (SSSR count). The summed E-state index contributed by atoms with van der Waals surface area (Å²) >= 11 is 0.330. The van der Waals surface area contributed by atoms with Crippen LogP contribution in [-0.4, -0.2) is 24.1 Å². The molecule has 0 radical (unpaired) electrons. The van der Waals surface area contributed by atoms with Gasteiger partial charge in [-0.25, -0.2) is 0 Å². The molecule has 0 aliphatic heterocycles. The van der Waals surface area contributed by atoms with Crippen LogP contribution in [0.15, 0.2) is 85.1 Å². The molecule has 0 fully saturated rings. The maximum absolute atomic E-state index is 4.74. The first-order valence-corrected chi connectivity index (χ1v) is 10.4. The Bertz CT molecular complexity index is 1420. The van der Waals surface area contributed by atoms with E-state index in [0.29, 0.717) is 14.5 Å². The predicted octanol–water partition coefficient (Wildman–Crippen LogP) is 5.54. The van der Waals surface area contributed by atoms with Gasteiger partial charge in [0.2, 0.25) is 0 Å². The van der Waals surface area contributed by atoms with Gasteiger partial charge < -0.3 is 0 Å². The fraction of sp³-hybridized carbons (Fsp3) is 0. The number of rotatable bonds is 1. The van der Waals surface area contributed by atoms with Crippen LogP contribution in [0.3, 0.4) is 0 Å². The second-order valence-electron chi connectivity index (χ2n) is 6.48. The number of fused-ring (bicyclic) bond motifs is 7. The van der Waals surface area contributed by atoms with Crippen LogP contribution < -0.4 is 0 Å². The summed E-state index contributed by atoms with van der Waals surface area (Å²) in [5.41, 5.74) is 3.45. The van der Waals surface area contributed by atoms with Crippen molar-refractivity contribution >= 4 is 55.7 Å². The fourth-order valence-electron chi connectivity index (χ4n) is 3.95. The Hall–Kier alpha value is -2.87. The molecular formula is C23H14N2Se. The summed E-state index contributed by atoms with van der Waals surface area (Å²) in [6, 6.07) is 28.2. The molecule has 26 heavy (non-hydrogen) atoms. The molecule has 0 atom stereocenters. The van der Waals surface area contributed by atoms with Gasteiger partial charge in [-0.3, -0.25) is 0 Å². The van der Waals surface area contributed by atoms with Gasteiger partial charge in [-0.15, -0.1) is 0 Å². The van der Waals surface area contributed by atoms with Crippen LogP contribution in [0.2, 0.25) is 0 Å². The normalized spacial score (nSPS) is 11.8. The quantitative estimate of drug-likeness (QED) is 0.333. The van der Waals surface area contributed by atoms with E-state index in [1.54, 1.807) is 0 Å². The number of nitrogens with zero attached hydrogens (tertiary/aromatic N) is 2. The molecule has 2 nitrogen and oxygen atoms in total. The van der Waals surface area contributed by atoms with E-state index in [1.165, 1.54) is 35.6 Å². The van der Waals surface area contributed by atoms with Crippen molar-refractivity contribution in [2.75, 3.05) is 0 Å². The molecule has 122 valence electrons. The Morgan fingerprint density at radius 2 is 1.50 bits per heavy atom. The van der Waals surface area contributed by atoms with Gasteiger partial charge in [0.1, 0.15) is 0 Å². The van der Waals surface area contributed by atoms with E-state index in [-0.39, 0.29) is 0 Å². The number of hydrogen-bond donors (Lipinski definition) is 0. The molecule has 0 bridgehead atoms. The van der Waals surface area contributed by atoms with Crippen molar-refractivity contribution in [1.82, 2.24) is 9.55 Å². The van der Waals surface area contributed by atoms with Gasteiger partial charge in [0, 0.05) is 0 Å². The summed E-state index contributed by atoms with van der Waals surface area (Å²) in [5.74, 6) is 0. The van der Waals surface area contributed by atoms with Crippen molar-refractivity contribution in [3.63, 3.8) is 0 Å². The summed E-state index contributed by atoms with van der Waals surface area (Å²) in [6.07, 6.45) is 1.89. The standard InChI is InChI=1S/C23H14N2Se/c1-2-7-15(8-3-1)25-19-13-12-17-16-9-4-5-11-20(16)26-22(17)21(19)18-10-6-14-24-23(18)25/h1-14H. The monoisotopic (exact) mass is 398 g/mol. The molecule has 0 N–H and O–H groups in total. The molecule has 0 amide bonds. The van der Waals surface area contributed by atoms with Gasteiger partial charge in [-0.1, -0.05) is 0 Å². The van der Waals surface area contributed by atoms with Gasteiger partial charge in [0.05, 0.1) is 0 Å². The molecule has 6 aromatic rings. The molecule has 3 aromatic carbocycles. The Morgan fingerprint density at radius 1 is 0.692 bits per heavy atom. The summed E-state index contributed by atoms with van der Waals surface area (Å²) in [4.78, 5) is 4.74.